The molecule has 0 radical (unpaired) electrons. The van der Waals surface area contributed by atoms with Gasteiger partial charge in [0.15, 0.2) is 5.78 Å². The number of ketones is 1. The molecule has 7 nitrogen and oxygen atoms in total. The fraction of sp³-hybridized carbons (Fsp3) is 0.545. The summed E-state index contributed by atoms with van der Waals surface area (Å²) in [6.07, 6.45) is 8.15. The Kier molecular flexibility index (Phi) is 4.31. The van der Waals surface area contributed by atoms with Gasteiger partial charge in [0.2, 0.25) is 11.8 Å². The van der Waals surface area contributed by atoms with Crippen molar-refractivity contribution >= 4 is 17.6 Å². The van der Waals surface area contributed by atoms with E-state index in [1.165, 1.54) is 0 Å². The molecular weight excluding hydrogens is 370 g/mol. The summed E-state index contributed by atoms with van der Waals surface area (Å²) >= 11 is 0. The maximum absolute atomic E-state index is 13.4. The van der Waals surface area contributed by atoms with Crippen LogP contribution in [0.15, 0.2) is 36.7 Å². The van der Waals surface area contributed by atoms with Crippen molar-refractivity contribution in [3.05, 3.63) is 42.2 Å². The summed E-state index contributed by atoms with van der Waals surface area (Å²) in [7, 11) is 0. The molecule has 5 rings (SSSR count). The number of nitrogens with zero attached hydrogens (tertiary/aromatic N) is 3. The van der Waals surface area contributed by atoms with Crippen molar-refractivity contribution in [1.82, 2.24) is 14.8 Å². The van der Waals surface area contributed by atoms with E-state index >= 15 is 0 Å². The lowest BCUT2D eigenvalue weighted by Crippen LogP contribution is -2.49. The Labute approximate surface area is 169 Å². The van der Waals surface area contributed by atoms with E-state index in [2.05, 4.69) is 4.98 Å². The predicted octanol–water partition coefficient (Wildman–Crippen LogP) is 1.30. The number of ether oxygens (including phenoxy) is 1. The first-order valence-electron chi connectivity index (χ1n) is 10.4. The number of hydrogen-bond acceptors (Lipinski definition) is 5. The Balaban J connectivity index is 1.28. The standard InChI is InChI=1S/C22H25N3O4/c1-2-24-13-22-8-5-16(29-22)17(18(22)21(24)28)20(27)25-10-6-14(7-11-25)19(26)15-4-3-9-23-12-15/h3-5,8-9,12,14,16-18H,2,6-7,10-11,13H2,1H3/t16-,17+,18-,22-/m1/s1. The second kappa shape index (κ2) is 6.76. The zero-order valence-corrected chi connectivity index (χ0v) is 16.5. The molecular formula is C22H25N3O4. The number of pyridine rings is 1. The molecule has 152 valence electrons. The molecule has 4 aliphatic heterocycles. The molecule has 29 heavy (non-hydrogen) atoms. The third-order valence-electron chi connectivity index (χ3n) is 6.97. The van der Waals surface area contributed by atoms with Gasteiger partial charge in [0, 0.05) is 43.5 Å². The Hall–Kier alpha value is -2.54. The summed E-state index contributed by atoms with van der Waals surface area (Å²) < 4.78 is 6.15. The van der Waals surface area contributed by atoms with Crippen LogP contribution < -0.4 is 0 Å². The molecule has 0 saturated carbocycles. The van der Waals surface area contributed by atoms with Crippen molar-refractivity contribution in [1.29, 1.82) is 0 Å². The minimum absolute atomic E-state index is 0.00944. The average Bonchev–Trinajstić information content (AvgIpc) is 3.41. The predicted molar refractivity (Wildman–Crippen MR) is 104 cm³/mol. The van der Waals surface area contributed by atoms with Gasteiger partial charge in [-0.05, 0) is 31.9 Å². The minimum atomic E-state index is -0.632. The summed E-state index contributed by atoms with van der Waals surface area (Å²) in [5.74, 6) is -0.840. The van der Waals surface area contributed by atoms with Crippen LogP contribution in [0.2, 0.25) is 0 Å². The van der Waals surface area contributed by atoms with Crippen LogP contribution in [-0.2, 0) is 14.3 Å². The Morgan fingerprint density at radius 2 is 2.10 bits per heavy atom. The number of hydrogen-bond donors (Lipinski definition) is 0. The second-order valence-electron chi connectivity index (χ2n) is 8.46. The van der Waals surface area contributed by atoms with Gasteiger partial charge >= 0.3 is 0 Å². The number of amides is 2. The van der Waals surface area contributed by atoms with Crippen molar-refractivity contribution in [3.8, 4) is 0 Å². The van der Waals surface area contributed by atoms with Gasteiger partial charge in [-0.2, -0.15) is 0 Å². The highest BCUT2D eigenvalue weighted by Crippen LogP contribution is 2.52. The van der Waals surface area contributed by atoms with E-state index in [1.54, 1.807) is 29.4 Å². The largest absolute Gasteiger partial charge is 0.360 e. The van der Waals surface area contributed by atoms with E-state index in [1.807, 2.05) is 24.0 Å². The van der Waals surface area contributed by atoms with Crippen molar-refractivity contribution in [2.24, 2.45) is 17.8 Å². The zero-order chi connectivity index (χ0) is 20.2. The highest BCUT2D eigenvalue weighted by atomic mass is 16.5. The molecule has 0 aliphatic carbocycles. The fourth-order valence-corrected chi connectivity index (χ4v) is 5.44. The molecule has 0 unspecified atom stereocenters. The highest BCUT2D eigenvalue weighted by Gasteiger charge is 2.67. The first kappa shape index (κ1) is 18.5. The van der Waals surface area contributed by atoms with Crippen LogP contribution in [0.3, 0.4) is 0 Å². The third kappa shape index (κ3) is 2.74. The maximum Gasteiger partial charge on any atom is 0.230 e. The first-order valence-corrected chi connectivity index (χ1v) is 10.4. The van der Waals surface area contributed by atoms with Crippen LogP contribution in [0.25, 0.3) is 0 Å². The minimum Gasteiger partial charge on any atom is -0.360 e. The van der Waals surface area contributed by atoms with Gasteiger partial charge in [0.05, 0.1) is 24.5 Å². The van der Waals surface area contributed by atoms with E-state index in [4.69, 9.17) is 4.74 Å². The summed E-state index contributed by atoms with van der Waals surface area (Å²) in [4.78, 5) is 46.6. The van der Waals surface area contributed by atoms with E-state index < -0.39 is 17.4 Å². The van der Waals surface area contributed by atoms with Crippen LogP contribution >= 0.6 is 0 Å². The SMILES string of the molecule is CCN1C[C@@]23C=C[C@@H](O2)[C@H](C(=O)N2CCC(C(=O)c4cccnc4)CC2)[C@@H]3C1=O. The highest BCUT2D eigenvalue weighted by molar-refractivity contribution is 5.98. The molecule has 1 aromatic rings. The first-order chi connectivity index (χ1) is 14.0. The van der Waals surface area contributed by atoms with Crippen molar-refractivity contribution in [2.75, 3.05) is 26.2 Å². The third-order valence-corrected chi connectivity index (χ3v) is 6.97. The average molecular weight is 395 g/mol. The summed E-state index contributed by atoms with van der Waals surface area (Å²) in [5.41, 5.74) is -0.00534. The molecule has 0 N–H and O–H groups in total. The molecule has 3 saturated heterocycles. The number of Topliss-reactive ketones (excluding diaryl/α,β-unsaturated/α-hetero) is 1. The number of likely N-dealkylation sites (N-methyl/N-ethyl adjacent to an activating group) is 1. The van der Waals surface area contributed by atoms with Crippen LogP contribution in [0, 0.1) is 17.8 Å². The summed E-state index contributed by atoms with van der Waals surface area (Å²) in [6, 6.07) is 3.55. The molecule has 4 aliphatic rings. The lowest BCUT2D eigenvalue weighted by molar-refractivity contribution is -0.144. The molecule has 1 aromatic heterocycles. The number of rotatable bonds is 4. The summed E-state index contributed by atoms with van der Waals surface area (Å²) in [5, 5.41) is 0. The smallest absolute Gasteiger partial charge is 0.230 e. The number of carbonyl (C=O) groups is 3. The molecule has 2 amide bonds. The van der Waals surface area contributed by atoms with Crippen LogP contribution in [0.5, 0.6) is 0 Å². The van der Waals surface area contributed by atoms with Gasteiger partial charge in [-0.3, -0.25) is 19.4 Å². The van der Waals surface area contributed by atoms with Gasteiger partial charge < -0.3 is 14.5 Å². The topological polar surface area (TPSA) is 79.8 Å². The van der Waals surface area contributed by atoms with Crippen LogP contribution in [0.4, 0.5) is 0 Å². The lowest BCUT2D eigenvalue weighted by atomic mass is 9.76. The number of aromatic nitrogens is 1. The zero-order valence-electron chi connectivity index (χ0n) is 16.5. The molecule has 3 fully saturated rings. The fourth-order valence-electron chi connectivity index (χ4n) is 5.44. The normalized spacial score (nSPS) is 33.4. The van der Waals surface area contributed by atoms with E-state index in [0.29, 0.717) is 44.6 Å². The maximum atomic E-state index is 13.4. The quantitative estimate of drug-likeness (QED) is 0.567. The molecule has 5 heterocycles. The monoisotopic (exact) mass is 395 g/mol. The Bertz CT molecular complexity index is 877. The number of fused-ring (bicyclic) bond motifs is 1. The van der Waals surface area contributed by atoms with Gasteiger partial charge in [0.25, 0.3) is 0 Å². The van der Waals surface area contributed by atoms with Gasteiger partial charge in [-0.15, -0.1) is 0 Å². The van der Waals surface area contributed by atoms with E-state index in [0.717, 1.165) is 0 Å². The van der Waals surface area contributed by atoms with Gasteiger partial charge in [-0.1, -0.05) is 12.2 Å². The molecule has 7 heteroatoms. The van der Waals surface area contributed by atoms with Crippen LogP contribution in [-0.4, -0.2) is 70.3 Å². The van der Waals surface area contributed by atoms with E-state index in [-0.39, 0.29) is 29.6 Å². The Morgan fingerprint density at radius 1 is 1.31 bits per heavy atom. The molecule has 0 aromatic carbocycles. The number of likely N-dealkylation sites (tertiary alicyclic amines) is 2. The Morgan fingerprint density at radius 3 is 2.79 bits per heavy atom. The summed E-state index contributed by atoms with van der Waals surface area (Å²) in [6.45, 7) is 4.18. The molecule has 2 bridgehead atoms. The molecule has 1 spiro atoms. The van der Waals surface area contributed by atoms with Gasteiger partial charge in [0.1, 0.15) is 5.60 Å². The van der Waals surface area contributed by atoms with Crippen molar-refractivity contribution in [2.45, 2.75) is 31.5 Å². The number of carbonyl (C=O) groups excluding carboxylic acids is 3. The van der Waals surface area contributed by atoms with E-state index in [9.17, 15) is 14.4 Å². The second-order valence-corrected chi connectivity index (χ2v) is 8.46. The van der Waals surface area contributed by atoms with Crippen molar-refractivity contribution in [3.63, 3.8) is 0 Å². The lowest BCUT2D eigenvalue weighted by Gasteiger charge is -2.35. The van der Waals surface area contributed by atoms with Crippen LogP contribution in [0.1, 0.15) is 30.1 Å². The number of piperidine rings is 1. The van der Waals surface area contributed by atoms with Gasteiger partial charge in [-0.25, -0.2) is 0 Å². The molecule has 4 atom stereocenters. The van der Waals surface area contributed by atoms with Crippen molar-refractivity contribution < 1.29 is 19.1 Å².